The van der Waals surface area contributed by atoms with E-state index in [1.807, 2.05) is 11.8 Å². The number of carbonyl (C=O) groups is 1. The van der Waals surface area contributed by atoms with Crippen LogP contribution in [-0.2, 0) is 11.2 Å². The number of hydrogen-bond acceptors (Lipinski definition) is 3. The highest BCUT2D eigenvalue weighted by Gasteiger charge is 2.36. The minimum absolute atomic E-state index is 0.291. The van der Waals surface area contributed by atoms with Crippen LogP contribution in [0.15, 0.2) is 18.2 Å². The van der Waals surface area contributed by atoms with Crippen molar-refractivity contribution in [3.63, 3.8) is 0 Å². The standard InChI is InChI=1S/C17H18N2OS/c1-10-16(18-11(2)21-10)14-5-6-15-13(9-14)7-8-19(15)17(20)12-3-4-12/h5-6,9,12H,3-4,7-8H2,1-2H3. The van der Waals surface area contributed by atoms with Crippen LogP contribution in [0.25, 0.3) is 11.3 Å². The van der Waals surface area contributed by atoms with E-state index in [2.05, 4.69) is 30.1 Å². The fourth-order valence-corrected chi connectivity index (χ4v) is 3.97. The molecule has 0 bridgehead atoms. The first kappa shape index (κ1) is 13.0. The third-order valence-electron chi connectivity index (χ3n) is 4.34. The molecular formula is C17H18N2OS. The zero-order valence-electron chi connectivity index (χ0n) is 12.3. The van der Waals surface area contributed by atoms with Crippen molar-refractivity contribution in [2.45, 2.75) is 33.1 Å². The molecule has 1 aliphatic heterocycles. The lowest BCUT2D eigenvalue weighted by atomic mass is 10.1. The number of hydrogen-bond donors (Lipinski definition) is 0. The van der Waals surface area contributed by atoms with Crippen molar-refractivity contribution in [3.8, 4) is 11.3 Å². The highest BCUT2D eigenvalue weighted by Crippen LogP contribution is 2.38. The molecule has 0 unspecified atom stereocenters. The third kappa shape index (κ3) is 2.18. The van der Waals surface area contributed by atoms with Gasteiger partial charge in [0.2, 0.25) is 5.91 Å². The van der Waals surface area contributed by atoms with Crippen LogP contribution in [0.5, 0.6) is 0 Å². The smallest absolute Gasteiger partial charge is 0.230 e. The Kier molecular flexibility index (Phi) is 2.89. The number of carbonyl (C=O) groups excluding carboxylic acids is 1. The number of fused-ring (bicyclic) bond motifs is 1. The van der Waals surface area contributed by atoms with E-state index in [-0.39, 0.29) is 0 Å². The van der Waals surface area contributed by atoms with E-state index in [9.17, 15) is 4.79 Å². The molecule has 1 fully saturated rings. The Morgan fingerprint density at radius 2 is 2.14 bits per heavy atom. The number of benzene rings is 1. The normalized spacial score (nSPS) is 17.1. The molecule has 108 valence electrons. The molecule has 0 saturated heterocycles. The highest BCUT2D eigenvalue weighted by molar-refractivity contribution is 7.11. The summed E-state index contributed by atoms with van der Waals surface area (Å²) in [6.07, 6.45) is 3.10. The topological polar surface area (TPSA) is 33.2 Å². The predicted molar refractivity (Wildman–Crippen MR) is 85.8 cm³/mol. The summed E-state index contributed by atoms with van der Waals surface area (Å²) in [6.45, 7) is 5.00. The summed E-state index contributed by atoms with van der Waals surface area (Å²) >= 11 is 1.74. The maximum absolute atomic E-state index is 12.3. The number of amides is 1. The molecule has 1 aliphatic carbocycles. The fraction of sp³-hybridized carbons (Fsp3) is 0.412. The lowest BCUT2D eigenvalue weighted by Crippen LogP contribution is -2.30. The predicted octanol–water partition coefficient (Wildman–Crippen LogP) is 3.73. The van der Waals surface area contributed by atoms with Gasteiger partial charge in [-0.1, -0.05) is 6.07 Å². The minimum atomic E-state index is 0.291. The second-order valence-electron chi connectivity index (χ2n) is 6.00. The molecule has 2 aliphatic rings. The van der Waals surface area contributed by atoms with E-state index in [1.165, 1.54) is 16.0 Å². The number of aromatic nitrogens is 1. The molecule has 1 aromatic heterocycles. The van der Waals surface area contributed by atoms with Gasteiger partial charge in [0.25, 0.3) is 0 Å². The van der Waals surface area contributed by atoms with Crippen molar-refractivity contribution in [3.05, 3.63) is 33.6 Å². The quantitative estimate of drug-likeness (QED) is 0.846. The minimum Gasteiger partial charge on any atom is -0.312 e. The number of thiazole rings is 1. The summed E-state index contributed by atoms with van der Waals surface area (Å²) in [4.78, 5) is 20.2. The first-order chi connectivity index (χ1) is 10.1. The van der Waals surface area contributed by atoms with E-state index in [4.69, 9.17) is 0 Å². The Bertz CT molecular complexity index is 730. The van der Waals surface area contributed by atoms with Gasteiger partial charge in [0.15, 0.2) is 0 Å². The molecule has 3 nitrogen and oxygen atoms in total. The van der Waals surface area contributed by atoms with Gasteiger partial charge in [0.1, 0.15) is 0 Å². The SMILES string of the molecule is Cc1nc(-c2ccc3c(c2)CCN3C(=O)C2CC2)c(C)s1. The summed E-state index contributed by atoms with van der Waals surface area (Å²) in [6, 6.07) is 6.43. The Hall–Kier alpha value is -1.68. The Labute approximate surface area is 128 Å². The average Bonchev–Trinajstić information content (AvgIpc) is 3.14. The van der Waals surface area contributed by atoms with Crippen LogP contribution < -0.4 is 4.90 Å². The molecule has 21 heavy (non-hydrogen) atoms. The van der Waals surface area contributed by atoms with E-state index in [0.717, 1.165) is 42.2 Å². The lowest BCUT2D eigenvalue weighted by molar-refractivity contribution is -0.119. The molecule has 0 N–H and O–H groups in total. The van der Waals surface area contributed by atoms with Crippen LogP contribution in [-0.4, -0.2) is 17.4 Å². The molecule has 1 aromatic carbocycles. The molecular weight excluding hydrogens is 280 g/mol. The molecule has 2 aromatic rings. The number of anilines is 1. The second-order valence-corrected chi connectivity index (χ2v) is 7.40. The molecule has 1 amide bonds. The van der Waals surface area contributed by atoms with Crippen molar-refractivity contribution in [1.29, 1.82) is 0 Å². The third-order valence-corrected chi connectivity index (χ3v) is 5.23. The number of rotatable bonds is 2. The van der Waals surface area contributed by atoms with Crippen LogP contribution >= 0.6 is 11.3 Å². The van der Waals surface area contributed by atoms with Crippen LogP contribution in [0.1, 0.15) is 28.3 Å². The molecule has 0 radical (unpaired) electrons. The maximum Gasteiger partial charge on any atom is 0.230 e. The van der Waals surface area contributed by atoms with E-state index >= 15 is 0 Å². The van der Waals surface area contributed by atoms with Crippen LogP contribution in [0.3, 0.4) is 0 Å². The van der Waals surface area contributed by atoms with Crippen molar-refractivity contribution < 1.29 is 4.79 Å². The first-order valence-corrected chi connectivity index (χ1v) is 8.34. The zero-order chi connectivity index (χ0) is 14.6. The fourth-order valence-electron chi connectivity index (χ4n) is 3.13. The summed E-state index contributed by atoms with van der Waals surface area (Å²) in [5.74, 6) is 0.612. The maximum atomic E-state index is 12.3. The zero-order valence-corrected chi connectivity index (χ0v) is 13.2. The van der Waals surface area contributed by atoms with E-state index < -0.39 is 0 Å². The van der Waals surface area contributed by atoms with Gasteiger partial charge in [-0.05, 0) is 50.8 Å². The largest absolute Gasteiger partial charge is 0.312 e. The summed E-state index contributed by atoms with van der Waals surface area (Å²) in [5.41, 5.74) is 4.66. The van der Waals surface area contributed by atoms with Crippen molar-refractivity contribution in [1.82, 2.24) is 4.98 Å². The van der Waals surface area contributed by atoms with Gasteiger partial charge >= 0.3 is 0 Å². The van der Waals surface area contributed by atoms with E-state index in [1.54, 1.807) is 11.3 Å². The summed E-state index contributed by atoms with van der Waals surface area (Å²) < 4.78 is 0. The van der Waals surface area contributed by atoms with Crippen LogP contribution in [0.4, 0.5) is 5.69 Å². The summed E-state index contributed by atoms with van der Waals surface area (Å²) in [7, 11) is 0. The Balaban J connectivity index is 1.69. The lowest BCUT2D eigenvalue weighted by Gasteiger charge is -2.17. The van der Waals surface area contributed by atoms with Gasteiger partial charge in [-0.15, -0.1) is 11.3 Å². The molecule has 2 heterocycles. The van der Waals surface area contributed by atoms with Crippen molar-refractivity contribution in [2.75, 3.05) is 11.4 Å². The van der Waals surface area contributed by atoms with Crippen LogP contribution in [0, 0.1) is 19.8 Å². The molecule has 4 rings (SSSR count). The highest BCUT2D eigenvalue weighted by atomic mass is 32.1. The van der Waals surface area contributed by atoms with Crippen LogP contribution in [0.2, 0.25) is 0 Å². The van der Waals surface area contributed by atoms with E-state index in [0.29, 0.717) is 11.8 Å². The summed E-state index contributed by atoms with van der Waals surface area (Å²) in [5, 5.41) is 1.11. The number of nitrogens with zero attached hydrogens (tertiary/aromatic N) is 2. The average molecular weight is 298 g/mol. The molecule has 1 saturated carbocycles. The van der Waals surface area contributed by atoms with Crippen molar-refractivity contribution in [2.24, 2.45) is 5.92 Å². The number of aryl methyl sites for hydroxylation is 2. The molecule has 4 heteroatoms. The Morgan fingerprint density at radius 3 is 2.81 bits per heavy atom. The Morgan fingerprint density at radius 1 is 1.33 bits per heavy atom. The van der Waals surface area contributed by atoms with Gasteiger partial charge in [-0.3, -0.25) is 4.79 Å². The molecule has 0 spiro atoms. The first-order valence-electron chi connectivity index (χ1n) is 7.52. The van der Waals surface area contributed by atoms with Gasteiger partial charge < -0.3 is 4.90 Å². The molecule has 0 atom stereocenters. The van der Waals surface area contributed by atoms with Gasteiger partial charge in [0, 0.05) is 28.6 Å². The second kappa shape index (κ2) is 4.67. The van der Waals surface area contributed by atoms with Crippen molar-refractivity contribution >= 4 is 22.9 Å². The monoisotopic (exact) mass is 298 g/mol. The van der Waals surface area contributed by atoms with Gasteiger partial charge in [-0.25, -0.2) is 4.98 Å². The van der Waals surface area contributed by atoms with Gasteiger partial charge in [0.05, 0.1) is 10.7 Å². The van der Waals surface area contributed by atoms with Gasteiger partial charge in [-0.2, -0.15) is 0 Å².